The Bertz CT molecular complexity index is 1740. The number of fused-ring (bicyclic) bond motifs is 5. The lowest BCUT2D eigenvalue weighted by Crippen LogP contribution is -2.47. The van der Waals surface area contributed by atoms with E-state index >= 15 is 0 Å². The van der Waals surface area contributed by atoms with Gasteiger partial charge in [0.2, 0.25) is 0 Å². The van der Waals surface area contributed by atoms with Crippen LogP contribution in [0.2, 0.25) is 0 Å². The van der Waals surface area contributed by atoms with Crippen molar-refractivity contribution in [3.05, 3.63) is 47.7 Å². The summed E-state index contributed by atoms with van der Waals surface area (Å²) in [4.78, 5) is 20.4. The third-order valence-electron chi connectivity index (χ3n) is 10.8. The third kappa shape index (κ3) is 4.82. The Balaban J connectivity index is 1.27. The molecule has 8 rings (SSSR count). The maximum atomic E-state index is 10.0. The molecule has 2 aromatic carbocycles. The Kier molecular flexibility index (Phi) is 7.50. The van der Waals surface area contributed by atoms with Gasteiger partial charge in [0, 0.05) is 49.5 Å². The SMILES string of the molecule is COCOc1cc2c3c(cccc3c1)C(C)c1c-2ncc2c(N3CCCCCC3)nc(OC[C@]34CCCN3[C@H](CO)CC4)nc12. The number of ether oxygens (including phenoxy) is 3. The van der Waals surface area contributed by atoms with Crippen LogP contribution >= 0.6 is 0 Å². The van der Waals surface area contributed by atoms with Crippen LogP contribution in [0.1, 0.15) is 75.3 Å². The van der Waals surface area contributed by atoms with Crippen molar-refractivity contribution < 1.29 is 19.3 Å². The molecule has 1 N–H and O–H groups in total. The van der Waals surface area contributed by atoms with Crippen molar-refractivity contribution in [2.75, 3.05) is 51.7 Å². The molecule has 5 heterocycles. The Morgan fingerprint density at radius 1 is 1.00 bits per heavy atom. The predicted molar refractivity (Wildman–Crippen MR) is 175 cm³/mol. The number of methoxy groups -OCH3 is 1. The minimum atomic E-state index is -0.0490. The Hall–Kier alpha value is -3.53. The van der Waals surface area contributed by atoms with E-state index in [1.807, 2.05) is 6.20 Å². The maximum Gasteiger partial charge on any atom is 0.319 e. The smallest absolute Gasteiger partial charge is 0.319 e. The van der Waals surface area contributed by atoms with Crippen LogP contribution in [0.5, 0.6) is 11.8 Å². The number of aliphatic hydroxyl groups excluding tert-OH is 1. The highest BCUT2D eigenvalue weighted by Crippen LogP contribution is 2.49. The van der Waals surface area contributed by atoms with Gasteiger partial charge in [-0.05, 0) is 73.5 Å². The average Bonchev–Trinajstić information content (AvgIpc) is 3.51. The van der Waals surface area contributed by atoms with E-state index in [1.54, 1.807) is 7.11 Å². The summed E-state index contributed by atoms with van der Waals surface area (Å²) < 4.78 is 17.8. The van der Waals surface area contributed by atoms with E-state index in [9.17, 15) is 5.11 Å². The zero-order chi connectivity index (χ0) is 30.5. The quantitative estimate of drug-likeness (QED) is 0.240. The summed E-state index contributed by atoms with van der Waals surface area (Å²) in [5.74, 6) is 1.77. The summed E-state index contributed by atoms with van der Waals surface area (Å²) in [7, 11) is 1.64. The van der Waals surface area contributed by atoms with Gasteiger partial charge in [-0.1, -0.05) is 38.0 Å². The maximum absolute atomic E-state index is 10.0. The summed E-state index contributed by atoms with van der Waals surface area (Å²) in [5.41, 5.74) is 5.25. The van der Waals surface area contributed by atoms with E-state index in [1.165, 1.54) is 23.8 Å². The van der Waals surface area contributed by atoms with E-state index in [0.29, 0.717) is 12.6 Å². The van der Waals surface area contributed by atoms with E-state index in [0.717, 1.165) is 103 Å². The lowest BCUT2D eigenvalue weighted by molar-refractivity contribution is 0.0512. The number of aromatic nitrogens is 3. The summed E-state index contributed by atoms with van der Waals surface area (Å²) in [6.07, 6.45) is 11.0. The number of hydrogen-bond acceptors (Lipinski definition) is 9. The van der Waals surface area contributed by atoms with Crippen LogP contribution in [0.4, 0.5) is 5.82 Å². The molecule has 1 aliphatic carbocycles. The molecular weight excluding hydrogens is 566 g/mol. The Labute approximate surface area is 264 Å². The molecule has 0 saturated carbocycles. The van der Waals surface area contributed by atoms with Gasteiger partial charge in [0.25, 0.3) is 0 Å². The molecule has 4 aliphatic rings. The number of nitrogens with zero attached hydrogens (tertiary/aromatic N) is 5. The second-order valence-corrected chi connectivity index (χ2v) is 13.4. The van der Waals surface area contributed by atoms with Crippen LogP contribution in [0, 0.1) is 0 Å². The minimum Gasteiger partial charge on any atom is -0.468 e. The molecule has 9 heteroatoms. The molecule has 236 valence electrons. The second-order valence-electron chi connectivity index (χ2n) is 13.4. The van der Waals surface area contributed by atoms with Crippen LogP contribution in [0.3, 0.4) is 0 Å². The van der Waals surface area contributed by atoms with Crippen molar-refractivity contribution in [1.82, 2.24) is 19.9 Å². The molecule has 3 atom stereocenters. The number of benzene rings is 2. The fraction of sp³-hybridized carbons (Fsp3) is 0.528. The van der Waals surface area contributed by atoms with Gasteiger partial charge in [-0.25, -0.2) is 0 Å². The molecular formula is C36H43N5O4. The van der Waals surface area contributed by atoms with Crippen molar-refractivity contribution in [2.45, 2.75) is 75.8 Å². The summed E-state index contributed by atoms with van der Waals surface area (Å²) in [6.45, 7) is 6.15. The molecule has 3 fully saturated rings. The molecule has 3 aliphatic heterocycles. The van der Waals surface area contributed by atoms with Crippen molar-refractivity contribution >= 4 is 27.5 Å². The van der Waals surface area contributed by atoms with Crippen molar-refractivity contribution in [3.8, 4) is 23.0 Å². The first kappa shape index (κ1) is 28.9. The topological polar surface area (TPSA) is 93.1 Å². The standard InChI is InChI=1S/C36H43N5O4/c1-23-27-10-7-9-24-17-26(45-22-43-2)18-28(31(24)27)32-30(23)33-29(19-37-32)34(40-14-5-3-4-6-15-40)39-35(38-33)44-21-36-12-8-16-41(36)25(20-42)11-13-36/h7,9-10,17-19,23,25,42H,3-6,8,11-16,20-22H2,1-2H3/t23?,25-,36+/m0/s1. The highest BCUT2D eigenvalue weighted by atomic mass is 16.7. The van der Waals surface area contributed by atoms with Gasteiger partial charge in [0.1, 0.15) is 18.2 Å². The first-order valence-corrected chi connectivity index (χ1v) is 16.7. The van der Waals surface area contributed by atoms with E-state index in [2.05, 4.69) is 47.1 Å². The molecule has 0 spiro atoms. The van der Waals surface area contributed by atoms with Crippen molar-refractivity contribution in [1.29, 1.82) is 0 Å². The highest BCUT2D eigenvalue weighted by Gasteiger charge is 2.49. The monoisotopic (exact) mass is 609 g/mol. The van der Waals surface area contributed by atoms with Crippen LogP contribution in [0.25, 0.3) is 32.9 Å². The van der Waals surface area contributed by atoms with Crippen LogP contribution in [-0.2, 0) is 4.74 Å². The molecule has 0 bridgehead atoms. The molecule has 45 heavy (non-hydrogen) atoms. The fourth-order valence-electron chi connectivity index (χ4n) is 8.63. The van der Waals surface area contributed by atoms with Gasteiger partial charge in [-0.15, -0.1) is 0 Å². The Morgan fingerprint density at radius 2 is 1.87 bits per heavy atom. The van der Waals surface area contributed by atoms with Crippen LogP contribution in [-0.4, -0.2) is 83.3 Å². The largest absolute Gasteiger partial charge is 0.468 e. The molecule has 3 saturated heterocycles. The summed E-state index contributed by atoms with van der Waals surface area (Å²) in [6, 6.07) is 11.3. The zero-order valence-electron chi connectivity index (χ0n) is 26.4. The van der Waals surface area contributed by atoms with Crippen molar-refractivity contribution in [2.24, 2.45) is 0 Å². The van der Waals surface area contributed by atoms with E-state index in [4.69, 9.17) is 29.2 Å². The molecule has 1 unspecified atom stereocenters. The lowest BCUT2D eigenvalue weighted by atomic mass is 9.79. The number of anilines is 1. The summed E-state index contributed by atoms with van der Waals surface area (Å²) >= 11 is 0. The number of pyridine rings is 1. The molecule has 2 aromatic heterocycles. The lowest BCUT2D eigenvalue weighted by Gasteiger charge is -2.34. The first-order chi connectivity index (χ1) is 22.1. The third-order valence-corrected chi connectivity index (χ3v) is 10.8. The minimum absolute atomic E-state index is 0.0490. The van der Waals surface area contributed by atoms with Gasteiger partial charge in [0.15, 0.2) is 6.79 Å². The van der Waals surface area contributed by atoms with Gasteiger partial charge >= 0.3 is 6.01 Å². The molecule has 4 aromatic rings. The Morgan fingerprint density at radius 3 is 2.69 bits per heavy atom. The van der Waals surface area contributed by atoms with Gasteiger partial charge < -0.3 is 24.2 Å². The molecule has 0 radical (unpaired) electrons. The van der Waals surface area contributed by atoms with Gasteiger partial charge in [0.05, 0.1) is 28.7 Å². The molecule has 0 amide bonds. The average molecular weight is 610 g/mol. The van der Waals surface area contributed by atoms with Gasteiger partial charge in [-0.3, -0.25) is 9.88 Å². The predicted octanol–water partition coefficient (Wildman–Crippen LogP) is 6.04. The highest BCUT2D eigenvalue weighted by molar-refractivity contribution is 6.06. The van der Waals surface area contributed by atoms with E-state index in [-0.39, 0.29) is 30.9 Å². The fourth-order valence-corrected chi connectivity index (χ4v) is 8.63. The van der Waals surface area contributed by atoms with Crippen LogP contribution < -0.4 is 14.4 Å². The van der Waals surface area contributed by atoms with E-state index < -0.39 is 0 Å². The molecule has 9 nitrogen and oxygen atoms in total. The number of rotatable bonds is 8. The van der Waals surface area contributed by atoms with Gasteiger partial charge in [-0.2, -0.15) is 9.97 Å². The zero-order valence-corrected chi connectivity index (χ0v) is 26.4. The number of hydrogen-bond donors (Lipinski definition) is 1. The second kappa shape index (κ2) is 11.7. The normalized spacial score (nSPS) is 24.6. The number of aliphatic hydroxyl groups is 1. The summed E-state index contributed by atoms with van der Waals surface area (Å²) in [5, 5.41) is 13.4. The van der Waals surface area contributed by atoms with Crippen LogP contribution in [0.15, 0.2) is 36.5 Å². The van der Waals surface area contributed by atoms with Crippen molar-refractivity contribution in [3.63, 3.8) is 0 Å². The first-order valence-electron chi connectivity index (χ1n) is 16.7.